The quantitative estimate of drug-likeness (QED) is 0.161. The van der Waals surface area contributed by atoms with E-state index >= 15 is 0 Å². The fourth-order valence-electron chi connectivity index (χ4n) is 2.78. The Morgan fingerprint density at radius 2 is 1.47 bits per heavy atom. The van der Waals surface area contributed by atoms with Gasteiger partial charge in [0, 0.05) is 0 Å². The van der Waals surface area contributed by atoms with Gasteiger partial charge in [-0.3, -0.25) is 0 Å². The van der Waals surface area contributed by atoms with Crippen LogP contribution in [0, 0.1) is 0 Å². The van der Waals surface area contributed by atoms with Crippen LogP contribution >= 0.6 is 0 Å². The van der Waals surface area contributed by atoms with Crippen LogP contribution in [0.3, 0.4) is 0 Å². The van der Waals surface area contributed by atoms with Gasteiger partial charge in [-0.15, -0.1) is 0 Å². The number of allylic oxidation sites excluding steroid dienone is 2. The van der Waals surface area contributed by atoms with E-state index in [0.717, 1.165) is 12.1 Å². The van der Waals surface area contributed by atoms with Gasteiger partial charge in [-0.25, -0.2) is 4.79 Å². The van der Waals surface area contributed by atoms with Gasteiger partial charge < -0.3 is 9.47 Å². The first-order valence-corrected chi connectivity index (χ1v) is 9.03. The van der Waals surface area contributed by atoms with Crippen LogP contribution in [-0.4, -0.2) is 20.2 Å². The minimum atomic E-state index is -4.96. The minimum Gasteiger partial charge on any atom is -0.503 e. The predicted molar refractivity (Wildman–Crippen MR) is 108 cm³/mol. The number of hydrogen-bond donors (Lipinski definition) is 0. The summed E-state index contributed by atoms with van der Waals surface area (Å²) in [6, 6.07) is 8.08. The monoisotopic (exact) mass is 456 g/mol. The lowest BCUT2D eigenvalue weighted by Gasteiger charge is -2.14. The molecule has 0 radical (unpaired) electrons. The van der Waals surface area contributed by atoms with Gasteiger partial charge in [-0.1, -0.05) is 54.6 Å². The SMILES string of the molecule is CO/C=C(\C(=O)OC)c1ccccc1C=CC=Cc1ccc(C(F)(F)F)cc1C(F)(F)F. The van der Waals surface area contributed by atoms with Gasteiger partial charge in [0.15, 0.2) is 0 Å². The molecule has 0 unspecified atom stereocenters. The molecule has 0 aliphatic heterocycles. The summed E-state index contributed by atoms with van der Waals surface area (Å²) in [5.74, 6) is -0.650. The Morgan fingerprint density at radius 1 is 0.844 bits per heavy atom. The first-order chi connectivity index (χ1) is 15.0. The molecule has 0 spiro atoms. The Bertz CT molecular complexity index is 1050. The summed E-state index contributed by atoms with van der Waals surface area (Å²) in [6.07, 6.45) is -3.42. The molecular weight excluding hydrogens is 438 g/mol. The molecule has 2 rings (SSSR count). The number of alkyl halides is 6. The molecular formula is C23H18F6O3. The highest BCUT2D eigenvalue weighted by Crippen LogP contribution is 2.37. The summed E-state index contributed by atoms with van der Waals surface area (Å²) in [6.45, 7) is 0. The maximum absolute atomic E-state index is 13.2. The van der Waals surface area contributed by atoms with Crippen molar-refractivity contribution in [3.05, 3.63) is 88.7 Å². The third-order valence-electron chi connectivity index (χ3n) is 4.24. The van der Waals surface area contributed by atoms with Crippen molar-refractivity contribution in [1.82, 2.24) is 0 Å². The van der Waals surface area contributed by atoms with Crippen molar-refractivity contribution in [2.45, 2.75) is 12.4 Å². The van der Waals surface area contributed by atoms with E-state index in [1.165, 1.54) is 38.7 Å². The largest absolute Gasteiger partial charge is 0.503 e. The van der Waals surface area contributed by atoms with Crippen molar-refractivity contribution in [3.63, 3.8) is 0 Å². The maximum atomic E-state index is 13.2. The zero-order chi connectivity index (χ0) is 23.9. The smallest absolute Gasteiger partial charge is 0.417 e. The number of carbonyl (C=O) groups excluding carboxylic acids is 1. The summed E-state index contributed by atoms with van der Waals surface area (Å²) >= 11 is 0. The topological polar surface area (TPSA) is 35.5 Å². The molecule has 9 heteroatoms. The second kappa shape index (κ2) is 10.2. The molecule has 0 heterocycles. The second-order valence-electron chi connectivity index (χ2n) is 6.36. The van der Waals surface area contributed by atoms with E-state index in [9.17, 15) is 31.1 Å². The van der Waals surface area contributed by atoms with Crippen molar-refractivity contribution in [1.29, 1.82) is 0 Å². The Morgan fingerprint density at radius 3 is 2.03 bits per heavy atom. The fraction of sp³-hybridized carbons (Fsp3) is 0.174. The number of ether oxygens (including phenoxy) is 2. The molecule has 0 N–H and O–H groups in total. The normalized spacial score (nSPS) is 13.1. The molecule has 2 aromatic carbocycles. The Labute approximate surface area is 180 Å². The average Bonchev–Trinajstić information content (AvgIpc) is 2.73. The van der Waals surface area contributed by atoms with E-state index in [2.05, 4.69) is 0 Å². The van der Waals surface area contributed by atoms with Crippen molar-refractivity contribution >= 4 is 23.7 Å². The molecule has 0 saturated heterocycles. The third kappa shape index (κ3) is 6.26. The standard InChI is InChI=1S/C23H18F6O3/c1-31-14-19(21(30)32-2)18-10-6-5-8-15(18)7-3-4-9-16-11-12-17(22(24,25)26)13-20(16)23(27,28)29/h3-14H,1-2H3/b7-3?,9-4?,19-14-. The summed E-state index contributed by atoms with van der Waals surface area (Å²) in [5.41, 5.74) is -2.08. The number of carbonyl (C=O) groups is 1. The van der Waals surface area contributed by atoms with Gasteiger partial charge in [-0.05, 0) is 28.8 Å². The van der Waals surface area contributed by atoms with Crippen molar-refractivity contribution in [2.24, 2.45) is 0 Å². The molecule has 0 saturated carbocycles. The van der Waals surface area contributed by atoms with Gasteiger partial charge in [0.1, 0.15) is 5.57 Å². The molecule has 0 aliphatic carbocycles. The molecule has 0 bridgehead atoms. The highest BCUT2D eigenvalue weighted by Gasteiger charge is 2.37. The van der Waals surface area contributed by atoms with E-state index in [1.54, 1.807) is 24.3 Å². The Kier molecular flexibility index (Phi) is 7.91. The van der Waals surface area contributed by atoms with Crippen LogP contribution in [-0.2, 0) is 26.6 Å². The highest BCUT2D eigenvalue weighted by molar-refractivity contribution is 6.17. The number of halogens is 6. The van der Waals surface area contributed by atoms with E-state index < -0.39 is 35.0 Å². The van der Waals surface area contributed by atoms with Crippen molar-refractivity contribution in [2.75, 3.05) is 14.2 Å². The first-order valence-electron chi connectivity index (χ1n) is 9.03. The van der Waals surface area contributed by atoms with Gasteiger partial charge in [-0.2, -0.15) is 26.3 Å². The Balaban J connectivity index is 2.38. The fourth-order valence-corrected chi connectivity index (χ4v) is 2.78. The lowest BCUT2D eigenvalue weighted by Crippen LogP contribution is -2.12. The molecule has 2 aromatic rings. The third-order valence-corrected chi connectivity index (χ3v) is 4.24. The van der Waals surface area contributed by atoms with Crippen molar-refractivity contribution in [3.8, 4) is 0 Å². The summed E-state index contributed by atoms with van der Waals surface area (Å²) in [5, 5.41) is 0. The highest BCUT2D eigenvalue weighted by atomic mass is 19.4. The van der Waals surface area contributed by atoms with E-state index in [4.69, 9.17) is 9.47 Å². The number of esters is 1. The maximum Gasteiger partial charge on any atom is 0.417 e. The van der Waals surface area contributed by atoms with Gasteiger partial charge in [0.05, 0.1) is 31.6 Å². The number of benzene rings is 2. The predicted octanol–water partition coefficient (Wildman–Crippen LogP) is 6.61. The molecule has 32 heavy (non-hydrogen) atoms. The van der Waals surface area contributed by atoms with Gasteiger partial charge >= 0.3 is 18.3 Å². The van der Waals surface area contributed by atoms with Crippen LogP contribution in [0.1, 0.15) is 27.8 Å². The summed E-state index contributed by atoms with van der Waals surface area (Å²) in [4.78, 5) is 12.0. The zero-order valence-corrected chi connectivity index (χ0v) is 16.9. The minimum absolute atomic E-state index is 0.0802. The second-order valence-corrected chi connectivity index (χ2v) is 6.36. The van der Waals surface area contributed by atoms with Crippen LogP contribution in [0.15, 0.2) is 60.9 Å². The molecule has 3 nitrogen and oxygen atoms in total. The summed E-state index contributed by atoms with van der Waals surface area (Å²) in [7, 11) is 2.56. The van der Waals surface area contributed by atoms with Crippen molar-refractivity contribution < 1.29 is 40.6 Å². The first kappa shape index (κ1) is 24.8. The van der Waals surface area contributed by atoms with Crippen LogP contribution in [0.25, 0.3) is 17.7 Å². The van der Waals surface area contributed by atoms with Crippen LogP contribution in [0.5, 0.6) is 0 Å². The molecule has 0 atom stereocenters. The lowest BCUT2D eigenvalue weighted by atomic mass is 10.00. The summed E-state index contributed by atoms with van der Waals surface area (Å²) < 4.78 is 87.7. The molecule has 0 aromatic heterocycles. The molecule has 170 valence electrons. The number of methoxy groups -OCH3 is 2. The zero-order valence-electron chi connectivity index (χ0n) is 16.9. The van der Waals surface area contributed by atoms with Crippen LogP contribution in [0.2, 0.25) is 0 Å². The van der Waals surface area contributed by atoms with Gasteiger partial charge in [0.2, 0.25) is 0 Å². The van der Waals surface area contributed by atoms with Crippen LogP contribution in [0.4, 0.5) is 26.3 Å². The molecule has 0 amide bonds. The molecule has 0 fully saturated rings. The van der Waals surface area contributed by atoms with Crippen LogP contribution < -0.4 is 0 Å². The lowest BCUT2D eigenvalue weighted by molar-refractivity contribution is -0.143. The number of hydrogen-bond acceptors (Lipinski definition) is 3. The average molecular weight is 456 g/mol. The van der Waals surface area contributed by atoms with E-state index in [1.807, 2.05) is 0 Å². The van der Waals surface area contributed by atoms with Gasteiger partial charge in [0.25, 0.3) is 0 Å². The van der Waals surface area contributed by atoms with E-state index in [-0.39, 0.29) is 11.6 Å². The van der Waals surface area contributed by atoms with E-state index in [0.29, 0.717) is 17.2 Å². The Hall–Kier alpha value is -3.49. The molecule has 0 aliphatic rings. The number of rotatable bonds is 6.